The van der Waals surface area contributed by atoms with E-state index in [1.165, 1.54) is 15.8 Å². The van der Waals surface area contributed by atoms with E-state index in [0.717, 1.165) is 0 Å². The first-order valence-electron chi connectivity index (χ1n) is 6.03. The van der Waals surface area contributed by atoms with Gasteiger partial charge in [-0.15, -0.1) is 17.9 Å². The van der Waals surface area contributed by atoms with Crippen molar-refractivity contribution in [3.05, 3.63) is 24.4 Å². The Hall–Kier alpha value is -0.193. The van der Waals surface area contributed by atoms with Crippen molar-refractivity contribution in [2.45, 2.75) is 26.9 Å². The minimum Gasteiger partial charge on any atom is -0.305 e. The van der Waals surface area contributed by atoms with Crippen LogP contribution in [0.2, 0.25) is 13.1 Å². The zero-order valence-electron chi connectivity index (χ0n) is 11.4. The van der Waals surface area contributed by atoms with Crippen molar-refractivity contribution in [2.75, 3.05) is 13.2 Å². The Labute approximate surface area is 114 Å². The van der Waals surface area contributed by atoms with Crippen molar-refractivity contribution < 1.29 is 13.6 Å². The van der Waals surface area contributed by atoms with Gasteiger partial charge in [0.2, 0.25) is 0 Å². The molecular formula is C12H21O3PSSi. The van der Waals surface area contributed by atoms with Crippen molar-refractivity contribution in [1.29, 1.82) is 0 Å². The number of hydrogen-bond acceptors (Lipinski definition) is 4. The first kappa shape index (κ1) is 15.9. The Kier molecular flexibility index (Phi) is 5.56. The summed E-state index contributed by atoms with van der Waals surface area (Å²) in [6.07, 6.45) is 0. The minimum absolute atomic E-state index is 0.382. The van der Waals surface area contributed by atoms with Crippen LogP contribution in [0.3, 0.4) is 0 Å². The average molecular weight is 304 g/mol. The highest BCUT2D eigenvalue weighted by atomic mass is 32.1. The maximum Gasteiger partial charge on any atom is 0.371 e. The van der Waals surface area contributed by atoms with Crippen molar-refractivity contribution >= 4 is 36.1 Å². The van der Waals surface area contributed by atoms with Gasteiger partial charge in [-0.2, -0.15) is 0 Å². The van der Waals surface area contributed by atoms with Gasteiger partial charge in [-0.3, -0.25) is 4.57 Å². The predicted octanol–water partition coefficient (Wildman–Crippen LogP) is 3.28. The summed E-state index contributed by atoms with van der Waals surface area (Å²) in [4.78, 5) is 0. The molecule has 0 radical (unpaired) electrons. The Balaban J connectivity index is 3.09. The Morgan fingerprint density at radius 1 is 1.33 bits per heavy atom. The smallest absolute Gasteiger partial charge is 0.305 e. The second-order valence-electron chi connectivity index (χ2n) is 4.40. The van der Waals surface area contributed by atoms with Crippen molar-refractivity contribution in [1.82, 2.24) is 0 Å². The molecule has 0 aliphatic carbocycles. The van der Waals surface area contributed by atoms with E-state index in [1.807, 2.05) is 31.7 Å². The summed E-state index contributed by atoms with van der Waals surface area (Å²) in [5.41, 5.74) is 2.02. The quantitative estimate of drug-likeness (QED) is 0.573. The Morgan fingerprint density at radius 2 is 1.89 bits per heavy atom. The summed E-state index contributed by atoms with van der Waals surface area (Å²) in [5.74, 6) is 0. The third-order valence-corrected chi connectivity index (χ3v) is 10.5. The van der Waals surface area contributed by atoms with E-state index in [9.17, 15) is 4.57 Å². The van der Waals surface area contributed by atoms with E-state index >= 15 is 0 Å². The molecule has 18 heavy (non-hydrogen) atoms. The Morgan fingerprint density at radius 3 is 2.33 bits per heavy atom. The standard InChI is InChI=1S/C12H21O3PSSi/c1-6-14-16(13,15-7-2)11-9-10-12(17-11)18(4,5)8-3/h8-10H,3,6-7H2,1-2,4-5H3. The van der Waals surface area contributed by atoms with Gasteiger partial charge >= 0.3 is 7.60 Å². The number of hydrogen-bond donors (Lipinski definition) is 0. The highest BCUT2D eigenvalue weighted by molar-refractivity contribution is 7.69. The summed E-state index contributed by atoms with van der Waals surface area (Å²) in [6, 6.07) is 3.89. The zero-order chi connectivity index (χ0) is 13.8. The molecule has 0 saturated heterocycles. The lowest BCUT2D eigenvalue weighted by atomic mass is 10.7. The van der Waals surface area contributed by atoms with Crippen LogP contribution in [0.1, 0.15) is 13.8 Å². The van der Waals surface area contributed by atoms with Crippen LogP contribution < -0.4 is 9.12 Å². The molecule has 1 heterocycles. The summed E-state index contributed by atoms with van der Waals surface area (Å²) in [5, 5.41) is 0. The van der Waals surface area contributed by atoms with E-state index in [2.05, 4.69) is 19.7 Å². The third kappa shape index (κ3) is 3.43. The topological polar surface area (TPSA) is 35.5 Å². The maximum atomic E-state index is 12.6. The van der Waals surface area contributed by atoms with Gasteiger partial charge in [-0.25, -0.2) is 0 Å². The van der Waals surface area contributed by atoms with E-state index in [1.54, 1.807) is 0 Å². The number of thiophene rings is 1. The van der Waals surface area contributed by atoms with Crippen LogP contribution in [-0.4, -0.2) is 21.3 Å². The van der Waals surface area contributed by atoms with Gasteiger partial charge in [0.25, 0.3) is 0 Å². The fraction of sp³-hybridized carbons (Fsp3) is 0.500. The lowest BCUT2D eigenvalue weighted by molar-refractivity contribution is 0.230. The molecule has 0 aliphatic heterocycles. The molecule has 0 spiro atoms. The van der Waals surface area contributed by atoms with Gasteiger partial charge < -0.3 is 9.05 Å². The fourth-order valence-electron chi connectivity index (χ4n) is 1.43. The lowest BCUT2D eigenvalue weighted by Crippen LogP contribution is -2.36. The largest absolute Gasteiger partial charge is 0.371 e. The highest BCUT2D eigenvalue weighted by Crippen LogP contribution is 2.47. The zero-order valence-corrected chi connectivity index (χ0v) is 14.1. The van der Waals surface area contributed by atoms with Gasteiger partial charge in [-0.05, 0) is 24.4 Å². The normalized spacial score (nSPS) is 12.7. The van der Waals surface area contributed by atoms with Crippen LogP contribution in [0, 0.1) is 0 Å². The van der Waals surface area contributed by atoms with Crippen molar-refractivity contribution in [2.24, 2.45) is 0 Å². The van der Waals surface area contributed by atoms with Crippen LogP contribution >= 0.6 is 18.9 Å². The molecule has 1 aromatic rings. The molecule has 0 fully saturated rings. The fourth-order valence-corrected chi connectivity index (χ4v) is 6.85. The summed E-state index contributed by atoms with van der Waals surface area (Å²) in [6.45, 7) is 12.7. The van der Waals surface area contributed by atoms with Gasteiger partial charge in [0, 0.05) is 0 Å². The van der Waals surface area contributed by atoms with E-state index in [4.69, 9.17) is 9.05 Å². The molecule has 6 heteroatoms. The molecule has 0 aromatic carbocycles. The van der Waals surface area contributed by atoms with Crippen molar-refractivity contribution in [3.63, 3.8) is 0 Å². The maximum absolute atomic E-state index is 12.6. The molecule has 0 unspecified atom stereocenters. The first-order valence-corrected chi connectivity index (χ1v) is 11.5. The van der Waals surface area contributed by atoms with E-state index < -0.39 is 15.7 Å². The van der Waals surface area contributed by atoms with Crippen LogP contribution in [0.25, 0.3) is 0 Å². The molecule has 1 rings (SSSR count). The summed E-state index contributed by atoms with van der Waals surface area (Å²) < 4.78 is 25.2. The molecule has 0 amide bonds. The SMILES string of the molecule is C=C[Si](C)(C)c1ccc(P(=O)(OCC)OCC)s1. The van der Waals surface area contributed by atoms with Crippen molar-refractivity contribution in [3.8, 4) is 0 Å². The van der Waals surface area contributed by atoms with Crippen LogP contribution in [-0.2, 0) is 13.6 Å². The van der Waals surface area contributed by atoms with Crippen LogP contribution in [0.5, 0.6) is 0 Å². The molecule has 0 aliphatic rings. The molecule has 0 atom stereocenters. The summed E-state index contributed by atoms with van der Waals surface area (Å²) in [7, 11) is -4.73. The Bertz CT molecular complexity index is 446. The molecule has 0 bridgehead atoms. The second-order valence-corrected chi connectivity index (χ2v) is 12.5. The third-order valence-electron chi connectivity index (χ3n) is 2.61. The highest BCUT2D eigenvalue weighted by Gasteiger charge is 2.31. The minimum atomic E-state index is -3.12. The van der Waals surface area contributed by atoms with Gasteiger partial charge in [-0.1, -0.05) is 24.9 Å². The van der Waals surface area contributed by atoms with Gasteiger partial charge in [0.05, 0.1) is 13.2 Å². The van der Waals surface area contributed by atoms with Gasteiger partial charge in [0.1, 0.15) is 12.7 Å². The molecule has 0 N–H and O–H groups in total. The monoisotopic (exact) mass is 304 g/mol. The van der Waals surface area contributed by atoms with Crippen LogP contribution in [0.4, 0.5) is 0 Å². The molecular weight excluding hydrogens is 283 g/mol. The predicted molar refractivity (Wildman–Crippen MR) is 82.1 cm³/mol. The second kappa shape index (κ2) is 6.31. The van der Waals surface area contributed by atoms with Crippen LogP contribution in [0.15, 0.2) is 24.4 Å². The average Bonchev–Trinajstić information content (AvgIpc) is 2.80. The van der Waals surface area contributed by atoms with Gasteiger partial charge in [0.15, 0.2) is 0 Å². The van der Waals surface area contributed by atoms with E-state index in [-0.39, 0.29) is 0 Å². The number of rotatable bonds is 7. The first-order chi connectivity index (χ1) is 8.39. The molecule has 1 aromatic heterocycles. The molecule has 3 nitrogen and oxygen atoms in total. The molecule has 102 valence electrons. The summed E-state index contributed by atoms with van der Waals surface area (Å²) >= 11 is 1.53. The van der Waals surface area contributed by atoms with E-state index in [0.29, 0.717) is 17.8 Å². The lowest BCUT2D eigenvalue weighted by Gasteiger charge is -2.16. The molecule has 0 saturated carbocycles.